The minimum atomic E-state index is -1.12. The fourth-order valence-corrected chi connectivity index (χ4v) is 4.44. The predicted molar refractivity (Wildman–Crippen MR) is 119 cm³/mol. The molecular formula is C23H27ClFN4NaO3. The molecule has 0 unspecified atom stereocenters. The van der Waals surface area contributed by atoms with E-state index >= 15 is 0 Å². The van der Waals surface area contributed by atoms with Crippen LogP contribution in [0.15, 0.2) is 24.3 Å². The van der Waals surface area contributed by atoms with E-state index in [-0.39, 0.29) is 40.7 Å². The number of halogens is 2. The molecule has 1 aromatic heterocycles. The van der Waals surface area contributed by atoms with E-state index in [1.165, 1.54) is 12.1 Å². The Bertz CT molecular complexity index is 975. The van der Waals surface area contributed by atoms with Gasteiger partial charge in [0.25, 0.3) is 0 Å². The average molecular weight is 485 g/mol. The van der Waals surface area contributed by atoms with Crippen LogP contribution in [-0.4, -0.2) is 54.3 Å². The van der Waals surface area contributed by atoms with Gasteiger partial charge >= 0.3 is 29.6 Å². The van der Waals surface area contributed by atoms with Gasteiger partial charge in [-0.05, 0) is 50.3 Å². The first-order valence-corrected chi connectivity index (χ1v) is 11.5. The molecule has 0 bridgehead atoms. The van der Waals surface area contributed by atoms with E-state index in [1.807, 2.05) is 6.07 Å². The number of rotatable bonds is 7. The Morgan fingerprint density at radius 2 is 1.91 bits per heavy atom. The standard InChI is InChI=1S/C23H28ClFN4O3.Na/c1-2-12-32-16-7-10-28(11-8-16)20-14-21(29-9-3-4-19(29)23(30)31)27-22(26-20)15-5-6-17(24)18(25)13-15;/h5-6,13-14,16,19H,2-4,7-12H2,1H3,(H,30,31);/q;+1/p-1/t19-;/m0./s1. The summed E-state index contributed by atoms with van der Waals surface area (Å²) >= 11 is 5.84. The van der Waals surface area contributed by atoms with E-state index < -0.39 is 17.8 Å². The first-order chi connectivity index (χ1) is 15.5. The number of ether oxygens (including phenoxy) is 1. The summed E-state index contributed by atoms with van der Waals surface area (Å²) in [4.78, 5) is 24.8. The van der Waals surface area contributed by atoms with Crippen LogP contribution in [0.1, 0.15) is 39.0 Å². The van der Waals surface area contributed by atoms with Crippen LogP contribution >= 0.6 is 11.6 Å². The monoisotopic (exact) mass is 484 g/mol. The number of hydrogen-bond donors (Lipinski definition) is 0. The van der Waals surface area contributed by atoms with Crippen LogP contribution in [0.3, 0.4) is 0 Å². The number of anilines is 2. The normalized spacial score (nSPS) is 18.9. The van der Waals surface area contributed by atoms with Crippen molar-refractivity contribution in [2.75, 3.05) is 36.0 Å². The van der Waals surface area contributed by atoms with Gasteiger partial charge in [0.1, 0.15) is 17.5 Å². The van der Waals surface area contributed by atoms with E-state index in [1.54, 1.807) is 11.0 Å². The number of carbonyl (C=O) groups is 1. The van der Waals surface area contributed by atoms with Crippen molar-refractivity contribution >= 4 is 29.2 Å². The maximum absolute atomic E-state index is 14.1. The van der Waals surface area contributed by atoms with Gasteiger partial charge in [0.15, 0.2) is 5.82 Å². The summed E-state index contributed by atoms with van der Waals surface area (Å²) in [6.45, 7) is 4.95. The molecule has 2 aromatic rings. The first-order valence-electron chi connectivity index (χ1n) is 11.1. The quantitative estimate of drug-likeness (QED) is 0.514. The first kappa shape index (κ1) is 26.2. The van der Waals surface area contributed by atoms with Gasteiger partial charge in [0, 0.05) is 37.9 Å². The Morgan fingerprint density at radius 1 is 1.18 bits per heavy atom. The Kier molecular flexibility index (Phi) is 9.35. The average Bonchev–Trinajstić information content (AvgIpc) is 3.30. The molecule has 33 heavy (non-hydrogen) atoms. The van der Waals surface area contributed by atoms with Gasteiger partial charge < -0.3 is 24.4 Å². The van der Waals surface area contributed by atoms with Crippen LogP contribution in [0.4, 0.5) is 16.0 Å². The molecule has 2 saturated heterocycles. The second-order valence-corrected chi connectivity index (χ2v) is 8.67. The van der Waals surface area contributed by atoms with Crippen molar-refractivity contribution in [3.63, 3.8) is 0 Å². The van der Waals surface area contributed by atoms with E-state index in [9.17, 15) is 14.3 Å². The van der Waals surface area contributed by atoms with Gasteiger partial charge in [-0.1, -0.05) is 18.5 Å². The molecule has 10 heteroatoms. The minimum Gasteiger partial charge on any atom is -0.548 e. The Balaban J connectivity index is 0.00000306. The molecule has 2 aliphatic rings. The van der Waals surface area contributed by atoms with Gasteiger partial charge in [-0.3, -0.25) is 0 Å². The van der Waals surface area contributed by atoms with Crippen LogP contribution in [0, 0.1) is 5.82 Å². The summed E-state index contributed by atoms with van der Waals surface area (Å²) in [5.74, 6) is -0.130. The molecule has 0 spiro atoms. The van der Waals surface area contributed by atoms with E-state index in [2.05, 4.69) is 16.8 Å². The molecule has 172 valence electrons. The molecule has 0 N–H and O–H groups in total. The Labute approximate surface area is 220 Å². The number of nitrogens with zero attached hydrogens (tertiary/aromatic N) is 4. The molecule has 0 radical (unpaired) electrons. The fourth-order valence-electron chi connectivity index (χ4n) is 4.32. The van der Waals surface area contributed by atoms with Crippen LogP contribution < -0.4 is 44.5 Å². The zero-order valence-electron chi connectivity index (χ0n) is 19.1. The maximum atomic E-state index is 14.1. The molecule has 2 fully saturated rings. The summed E-state index contributed by atoms with van der Waals surface area (Å²) in [6, 6.07) is 5.53. The van der Waals surface area contributed by atoms with Crippen molar-refractivity contribution in [2.45, 2.75) is 51.2 Å². The number of hydrogen-bond acceptors (Lipinski definition) is 7. The van der Waals surface area contributed by atoms with Crippen LogP contribution in [-0.2, 0) is 9.53 Å². The number of carbonyl (C=O) groups excluding carboxylic acids is 1. The zero-order valence-corrected chi connectivity index (χ0v) is 21.9. The maximum Gasteiger partial charge on any atom is 1.00 e. The third-order valence-corrected chi connectivity index (χ3v) is 6.33. The second kappa shape index (κ2) is 11.8. The van der Waals surface area contributed by atoms with Crippen molar-refractivity contribution in [3.8, 4) is 11.4 Å². The van der Waals surface area contributed by atoms with E-state index in [4.69, 9.17) is 21.3 Å². The van der Waals surface area contributed by atoms with Crippen molar-refractivity contribution in [3.05, 3.63) is 35.1 Å². The molecule has 2 aliphatic heterocycles. The SMILES string of the molecule is CCCOC1CCN(c2cc(N3CCC[C@H]3C(=O)[O-])nc(-c3ccc(Cl)c(F)c3)n2)CC1.[Na+]. The van der Waals surface area contributed by atoms with Gasteiger partial charge in [-0.25, -0.2) is 14.4 Å². The minimum absolute atomic E-state index is 0. The number of carboxylic acids is 1. The van der Waals surface area contributed by atoms with Crippen LogP contribution in [0.5, 0.6) is 0 Å². The molecule has 0 saturated carbocycles. The van der Waals surface area contributed by atoms with Crippen LogP contribution in [0.25, 0.3) is 11.4 Å². The van der Waals surface area contributed by atoms with Crippen molar-refractivity contribution in [2.24, 2.45) is 0 Å². The number of carboxylic acid groups (broad SMARTS) is 1. The molecule has 1 atom stereocenters. The Hall–Kier alpha value is -1.45. The third kappa shape index (κ3) is 6.17. The Morgan fingerprint density at radius 3 is 2.58 bits per heavy atom. The van der Waals surface area contributed by atoms with E-state index in [0.29, 0.717) is 36.0 Å². The predicted octanol–water partition coefficient (Wildman–Crippen LogP) is 0.0542. The summed E-state index contributed by atoms with van der Waals surface area (Å²) in [5.41, 5.74) is 0.486. The number of aliphatic carboxylic acids is 1. The summed E-state index contributed by atoms with van der Waals surface area (Å²) in [7, 11) is 0. The summed E-state index contributed by atoms with van der Waals surface area (Å²) in [5, 5.41) is 11.7. The van der Waals surface area contributed by atoms with Crippen LogP contribution in [0.2, 0.25) is 5.02 Å². The molecule has 0 aliphatic carbocycles. The van der Waals surface area contributed by atoms with Gasteiger partial charge in [-0.2, -0.15) is 0 Å². The van der Waals surface area contributed by atoms with Gasteiger partial charge in [0.05, 0.1) is 23.1 Å². The van der Waals surface area contributed by atoms with Crippen molar-refractivity contribution in [1.82, 2.24) is 9.97 Å². The molecule has 1 aromatic carbocycles. The molecular weight excluding hydrogens is 458 g/mol. The second-order valence-electron chi connectivity index (χ2n) is 8.26. The van der Waals surface area contributed by atoms with E-state index in [0.717, 1.165) is 45.4 Å². The summed E-state index contributed by atoms with van der Waals surface area (Å²) < 4.78 is 20.0. The molecule has 4 rings (SSSR count). The number of aromatic nitrogens is 2. The summed E-state index contributed by atoms with van der Waals surface area (Å²) in [6.07, 6.45) is 4.24. The molecule has 0 amide bonds. The van der Waals surface area contributed by atoms with Crippen molar-refractivity contribution < 1.29 is 48.6 Å². The molecule has 7 nitrogen and oxygen atoms in total. The van der Waals surface area contributed by atoms with Gasteiger partial charge in [-0.15, -0.1) is 0 Å². The van der Waals surface area contributed by atoms with Gasteiger partial charge in [0.2, 0.25) is 0 Å². The molecule has 3 heterocycles. The number of piperidine rings is 1. The smallest absolute Gasteiger partial charge is 0.548 e. The van der Waals surface area contributed by atoms with Crippen molar-refractivity contribution in [1.29, 1.82) is 0 Å². The zero-order chi connectivity index (χ0) is 22.7. The number of benzene rings is 1. The topological polar surface area (TPSA) is 81.6 Å². The largest absolute Gasteiger partial charge is 1.00 e. The fraction of sp³-hybridized carbons (Fsp3) is 0.522. The third-order valence-electron chi connectivity index (χ3n) is 6.02.